The van der Waals surface area contributed by atoms with Crippen molar-refractivity contribution in [3.8, 4) is 5.75 Å². The third-order valence-electron chi connectivity index (χ3n) is 4.33. The second-order valence-electron chi connectivity index (χ2n) is 5.69. The lowest BCUT2D eigenvalue weighted by atomic mass is 9.88. The molecule has 3 aromatic rings. The first-order chi connectivity index (χ1) is 12.1. The number of rotatable bonds is 2. The number of hydrogen-bond acceptors (Lipinski definition) is 5. The Morgan fingerprint density at radius 3 is 2.60 bits per heavy atom. The van der Waals surface area contributed by atoms with Crippen LogP contribution in [0.1, 0.15) is 17.0 Å². The molecule has 0 saturated heterocycles. The quantitative estimate of drug-likeness (QED) is 0.519. The number of esters is 1. The van der Waals surface area contributed by atoms with Gasteiger partial charge in [0.15, 0.2) is 0 Å². The zero-order valence-corrected chi connectivity index (χ0v) is 13.9. The van der Waals surface area contributed by atoms with Gasteiger partial charge in [-0.3, -0.25) is 0 Å². The van der Waals surface area contributed by atoms with Gasteiger partial charge >= 0.3 is 11.6 Å². The van der Waals surface area contributed by atoms with E-state index >= 15 is 0 Å². The molecule has 0 radical (unpaired) electrons. The number of para-hydroxylation sites is 1. The van der Waals surface area contributed by atoms with Gasteiger partial charge in [-0.1, -0.05) is 41.9 Å². The van der Waals surface area contributed by atoms with E-state index in [0.717, 1.165) is 0 Å². The third-order valence-corrected chi connectivity index (χ3v) is 4.68. The summed E-state index contributed by atoms with van der Waals surface area (Å²) in [7, 11) is 1.28. The van der Waals surface area contributed by atoms with Crippen molar-refractivity contribution in [1.82, 2.24) is 0 Å². The highest BCUT2D eigenvalue weighted by Gasteiger charge is 2.45. The molecule has 0 unspecified atom stereocenters. The number of halogens is 1. The Bertz CT molecular complexity index is 1040. The molecule has 25 heavy (non-hydrogen) atoms. The fourth-order valence-electron chi connectivity index (χ4n) is 3.22. The molecule has 0 bridgehead atoms. The lowest BCUT2D eigenvalue weighted by molar-refractivity contribution is -0.148. The van der Waals surface area contributed by atoms with Crippen molar-refractivity contribution in [1.29, 1.82) is 0 Å². The molecule has 0 N–H and O–H groups in total. The van der Waals surface area contributed by atoms with Gasteiger partial charge in [0.05, 0.1) is 24.0 Å². The van der Waals surface area contributed by atoms with E-state index in [4.69, 9.17) is 25.5 Å². The average Bonchev–Trinajstić information content (AvgIpc) is 3.03. The van der Waals surface area contributed by atoms with E-state index in [0.29, 0.717) is 27.3 Å². The molecular weight excluding hydrogens is 344 g/mol. The minimum absolute atomic E-state index is 0.280. The van der Waals surface area contributed by atoms with Gasteiger partial charge in [-0.2, -0.15) is 0 Å². The van der Waals surface area contributed by atoms with E-state index in [1.807, 2.05) is 6.07 Å². The van der Waals surface area contributed by atoms with Crippen molar-refractivity contribution in [2.24, 2.45) is 0 Å². The predicted molar refractivity (Wildman–Crippen MR) is 92.2 cm³/mol. The fraction of sp³-hybridized carbons (Fsp3) is 0.158. The highest BCUT2D eigenvalue weighted by atomic mass is 35.5. The number of hydrogen-bond donors (Lipinski definition) is 0. The van der Waals surface area contributed by atoms with E-state index in [2.05, 4.69) is 0 Å². The van der Waals surface area contributed by atoms with Crippen LogP contribution in [0.3, 0.4) is 0 Å². The van der Waals surface area contributed by atoms with Crippen molar-refractivity contribution in [2.45, 2.75) is 12.0 Å². The van der Waals surface area contributed by atoms with Crippen LogP contribution in [0.5, 0.6) is 5.75 Å². The van der Waals surface area contributed by atoms with Crippen LogP contribution in [-0.4, -0.2) is 19.2 Å². The molecule has 1 aliphatic rings. The highest BCUT2D eigenvalue weighted by Crippen LogP contribution is 2.45. The zero-order valence-electron chi connectivity index (χ0n) is 13.2. The molecule has 0 amide bonds. The molecule has 0 fully saturated rings. The van der Waals surface area contributed by atoms with Gasteiger partial charge in [-0.05, 0) is 23.8 Å². The molecule has 1 aliphatic heterocycles. The number of carbonyl (C=O) groups is 1. The van der Waals surface area contributed by atoms with Gasteiger partial charge in [0.25, 0.3) is 0 Å². The van der Waals surface area contributed by atoms with Crippen molar-refractivity contribution < 1.29 is 18.7 Å². The second-order valence-corrected chi connectivity index (χ2v) is 6.10. The van der Waals surface area contributed by atoms with E-state index in [1.165, 1.54) is 7.11 Å². The normalized spacial score (nSPS) is 18.6. The molecule has 0 saturated carbocycles. The number of ether oxygens (including phenoxy) is 2. The highest BCUT2D eigenvalue weighted by molar-refractivity contribution is 6.31. The molecule has 2 atom stereocenters. The number of fused-ring (bicyclic) bond motifs is 3. The van der Waals surface area contributed by atoms with Gasteiger partial charge < -0.3 is 13.9 Å². The fourth-order valence-corrected chi connectivity index (χ4v) is 3.48. The lowest BCUT2D eigenvalue weighted by Gasteiger charge is -2.17. The van der Waals surface area contributed by atoms with Crippen LogP contribution >= 0.6 is 11.6 Å². The maximum atomic E-state index is 12.6. The average molecular weight is 357 g/mol. The molecule has 1 aromatic heterocycles. The first kappa shape index (κ1) is 15.7. The molecule has 0 aliphatic carbocycles. The Balaban J connectivity index is 2.02. The Morgan fingerprint density at radius 2 is 1.84 bits per heavy atom. The molecule has 6 heteroatoms. The summed E-state index contributed by atoms with van der Waals surface area (Å²) in [5.74, 6) is -0.936. The minimum Gasteiger partial charge on any atom is -0.476 e. The van der Waals surface area contributed by atoms with Gasteiger partial charge in [-0.25, -0.2) is 9.59 Å². The van der Waals surface area contributed by atoms with E-state index in [1.54, 1.807) is 42.5 Å². The number of methoxy groups -OCH3 is 1. The predicted octanol–water partition coefficient (Wildman–Crippen LogP) is 3.51. The second kappa shape index (κ2) is 5.93. The monoisotopic (exact) mass is 356 g/mol. The van der Waals surface area contributed by atoms with Crippen LogP contribution in [0.2, 0.25) is 5.02 Å². The van der Waals surface area contributed by atoms with Gasteiger partial charge in [0, 0.05) is 5.02 Å². The Morgan fingerprint density at radius 1 is 1.12 bits per heavy atom. The maximum Gasteiger partial charge on any atom is 0.348 e. The van der Waals surface area contributed by atoms with Crippen LogP contribution in [0.15, 0.2) is 57.7 Å². The molecule has 2 heterocycles. The third kappa shape index (κ3) is 2.39. The maximum absolute atomic E-state index is 12.6. The summed E-state index contributed by atoms with van der Waals surface area (Å²) >= 11 is 6.31. The molecule has 5 nitrogen and oxygen atoms in total. The Kier molecular flexibility index (Phi) is 3.73. The molecule has 2 aromatic carbocycles. The van der Waals surface area contributed by atoms with Gasteiger partial charge in [0.1, 0.15) is 11.3 Å². The Hall–Kier alpha value is -2.79. The van der Waals surface area contributed by atoms with E-state index in [-0.39, 0.29) is 5.56 Å². The van der Waals surface area contributed by atoms with Crippen LogP contribution in [0, 0.1) is 0 Å². The Labute approximate surface area is 147 Å². The zero-order chi connectivity index (χ0) is 17.6. The van der Waals surface area contributed by atoms with E-state index < -0.39 is 23.6 Å². The molecule has 0 spiro atoms. The summed E-state index contributed by atoms with van der Waals surface area (Å²) in [5.41, 5.74) is 0.739. The van der Waals surface area contributed by atoms with Crippen LogP contribution in [0.4, 0.5) is 0 Å². The smallest absolute Gasteiger partial charge is 0.348 e. The summed E-state index contributed by atoms with van der Waals surface area (Å²) in [6.45, 7) is 0. The molecule has 4 rings (SSSR count). The van der Waals surface area contributed by atoms with Crippen molar-refractivity contribution >= 4 is 28.5 Å². The van der Waals surface area contributed by atoms with Gasteiger partial charge in [0.2, 0.25) is 6.10 Å². The van der Waals surface area contributed by atoms with Crippen molar-refractivity contribution in [3.63, 3.8) is 0 Å². The topological polar surface area (TPSA) is 65.7 Å². The van der Waals surface area contributed by atoms with Crippen LogP contribution < -0.4 is 10.4 Å². The number of benzene rings is 2. The van der Waals surface area contributed by atoms with Crippen molar-refractivity contribution in [2.75, 3.05) is 7.11 Å². The molecule has 126 valence electrons. The summed E-state index contributed by atoms with van der Waals surface area (Å²) in [5, 5.41) is 1.06. The summed E-state index contributed by atoms with van der Waals surface area (Å²) < 4.78 is 16.2. The van der Waals surface area contributed by atoms with Crippen molar-refractivity contribution in [3.05, 3.63) is 75.1 Å². The standard InChI is InChI=1S/C19H13ClO5/c1-23-19(22)17-14(10-6-2-4-8-12(10)20)15-16(25-17)11-7-3-5-9-13(11)24-18(15)21/h2-9,14,17H,1H3/t14-,17+/m1/s1. The summed E-state index contributed by atoms with van der Waals surface area (Å²) in [6.07, 6.45) is -1.01. The largest absolute Gasteiger partial charge is 0.476 e. The minimum atomic E-state index is -1.01. The number of carbonyl (C=O) groups excluding carboxylic acids is 1. The van der Waals surface area contributed by atoms with Crippen LogP contribution in [0.25, 0.3) is 11.0 Å². The molecular formula is C19H13ClO5. The first-order valence-electron chi connectivity index (χ1n) is 7.66. The summed E-state index contributed by atoms with van der Waals surface area (Å²) in [6, 6.07) is 14.0. The summed E-state index contributed by atoms with van der Waals surface area (Å²) in [4.78, 5) is 24.9. The first-order valence-corrected chi connectivity index (χ1v) is 8.04. The lowest BCUT2D eigenvalue weighted by Crippen LogP contribution is -2.32. The SMILES string of the molecule is COC(=O)[C@H]1Oc2c(c(=O)oc3ccccc23)[C@H]1c1ccccc1Cl. The van der Waals surface area contributed by atoms with E-state index in [9.17, 15) is 9.59 Å². The van der Waals surface area contributed by atoms with Gasteiger partial charge in [-0.15, -0.1) is 0 Å². The van der Waals surface area contributed by atoms with Crippen LogP contribution in [-0.2, 0) is 9.53 Å².